The van der Waals surface area contributed by atoms with Crippen molar-refractivity contribution >= 4 is 17.9 Å². The van der Waals surface area contributed by atoms with Crippen molar-refractivity contribution in [1.29, 1.82) is 0 Å². The van der Waals surface area contributed by atoms with Crippen LogP contribution < -0.4 is 4.74 Å². The molecule has 2 aromatic rings. The van der Waals surface area contributed by atoms with Crippen LogP contribution in [0.15, 0.2) is 36.4 Å². The van der Waals surface area contributed by atoms with Crippen molar-refractivity contribution in [3.8, 4) is 5.75 Å². The zero-order valence-corrected chi connectivity index (χ0v) is 16.2. The van der Waals surface area contributed by atoms with E-state index in [4.69, 9.17) is 16.3 Å². The molecule has 1 aliphatic carbocycles. The third-order valence-electron chi connectivity index (χ3n) is 5.56. The minimum absolute atomic E-state index is 0.266. The quantitative estimate of drug-likeness (QED) is 0.577. The van der Waals surface area contributed by atoms with E-state index in [0.717, 1.165) is 16.9 Å². The number of carbonyl (C=O) groups is 1. The van der Waals surface area contributed by atoms with E-state index in [1.54, 1.807) is 6.07 Å². The number of benzene rings is 2. The van der Waals surface area contributed by atoms with Crippen LogP contribution in [0.2, 0.25) is 5.02 Å². The molecule has 3 atom stereocenters. The zero-order chi connectivity index (χ0) is 19.6. The number of hydrogen-bond acceptors (Lipinski definition) is 2. The van der Waals surface area contributed by atoms with Gasteiger partial charge in [-0.3, -0.25) is 0 Å². The molecule has 2 nitrogen and oxygen atoms in total. The first kappa shape index (κ1) is 19.8. The molecule has 2 unspecified atom stereocenters. The molecule has 0 amide bonds. The van der Waals surface area contributed by atoms with E-state index in [-0.39, 0.29) is 18.9 Å². The van der Waals surface area contributed by atoms with Gasteiger partial charge in [-0.1, -0.05) is 35.4 Å². The van der Waals surface area contributed by atoms with Crippen LogP contribution in [0.4, 0.5) is 8.78 Å². The number of alkyl halides is 1. The van der Waals surface area contributed by atoms with E-state index in [1.165, 1.54) is 11.6 Å². The number of halogens is 3. The van der Waals surface area contributed by atoms with Crippen molar-refractivity contribution in [3.05, 3.63) is 63.9 Å². The summed E-state index contributed by atoms with van der Waals surface area (Å²) in [4.78, 5) is 11.7. The van der Waals surface area contributed by atoms with Gasteiger partial charge in [-0.15, -0.1) is 0 Å². The fourth-order valence-electron chi connectivity index (χ4n) is 4.00. The molecule has 2 aliphatic rings. The van der Waals surface area contributed by atoms with Gasteiger partial charge in [0.2, 0.25) is 0 Å². The van der Waals surface area contributed by atoms with Crippen LogP contribution in [0.25, 0.3) is 0 Å². The smallest absolute Gasteiger partial charge is 0.131 e. The second kappa shape index (κ2) is 7.97. The lowest BCUT2D eigenvalue weighted by molar-refractivity contribution is -0.118. The number of hydrogen-bond donors (Lipinski definition) is 0. The van der Waals surface area contributed by atoms with E-state index in [1.807, 2.05) is 38.1 Å². The molecule has 0 saturated heterocycles. The van der Waals surface area contributed by atoms with E-state index in [0.29, 0.717) is 24.2 Å². The molecule has 4 rings (SSSR count). The van der Waals surface area contributed by atoms with Gasteiger partial charge in [-0.25, -0.2) is 8.78 Å². The zero-order valence-electron chi connectivity index (χ0n) is 15.5. The summed E-state index contributed by atoms with van der Waals surface area (Å²) >= 11 is 5.61. The standard InChI is InChI=1S/C15H16F2O2.C7H7Cl/c1-9-2-3-12(17)13-14(9)19-7-10-6-11(16)4-5-15(10,13)8-18;1-6-2-4-7(8)5-3-6/h2-3,8,10-11H,4-7H2,1H3;2-5H,1H3/t10-,11?,15?;/m1./s1. The third-order valence-corrected chi connectivity index (χ3v) is 5.81. The van der Waals surface area contributed by atoms with Gasteiger partial charge < -0.3 is 9.53 Å². The van der Waals surface area contributed by atoms with E-state index >= 15 is 0 Å². The highest BCUT2D eigenvalue weighted by Gasteiger charge is 2.51. The Bertz CT molecular complexity index is 801. The molecule has 27 heavy (non-hydrogen) atoms. The average Bonchev–Trinajstić information content (AvgIpc) is 2.67. The maximum Gasteiger partial charge on any atom is 0.131 e. The molecule has 0 radical (unpaired) electrons. The maximum atomic E-state index is 14.2. The molecule has 0 bridgehead atoms. The van der Waals surface area contributed by atoms with Crippen LogP contribution in [-0.2, 0) is 10.2 Å². The summed E-state index contributed by atoms with van der Waals surface area (Å²) in [5.74, 6) is -0.215. The second-order valence-electron chi connectivity index (χ2n) is 7.40. The van der Waals surface area contributed by atoms with Crippen molar-refractivity contribution < 1.29 is 18.3 Å². The topological polar surface area (TPSA) is 26.3 Å². The SMILES string of the molecule is Cc1ccc(Cl)cc1.Cc1ccc(F)c2c1OC[C@H]1CC(F)CCC21C=O. The largest absolute Gasteiger partial charge is 0.493 e. The molecular formula is C22H23ClF2O2. The van der Waals surface area contributed by atoms with Gasteiger partial charge >= 0.3 is 0 Å². The number of aldehydes is 1. The molecule has 2 aromatic carbocycles. The number of carbonyl (C=O) groups excluding carboxylic acids is 1. The lowest BCUT2D eigenvalue weighted by Gasteiger charge is -2.45. The Morgan fingerprint density at radius 3 is 2.52 bits per heavy atom. The highest BCUT2D eigenvalue weighted by atomic mass is 35.5. The summed E-state index contributed by atoms with van der Waals surface area (Å²) in [6.07, 6.45) is 0.830. The Morgan fingerprint density at radius 1 is 1.19 bits per heavy atom. The van der Waals surface area contributed by atoms with Crippen LogP contribution in [0.5, 0.6) is 5.75 Å². The molecule has 0 aromatic heterocycles. The van der Waals surface area contributed by atoms with Gasteiger partial charge in [0.1, 0.15) is 24.0 Å². The molecule has 1 aliphatic heterocycles. The lowest BCUT2D eigenvalue weighted by atomic mass is 9.61. The summed E-state index contributed by atoms with van der Waals surface area (Å²) < 4.78 is 33.4. The summed E-state index contributed by atoms with van der Waals surface area (Å²) in [5, 5.41) is 0.801. The van der Waals surface area contributed by atoms with Crippen LogP contribution in [0.3, 0.4) is 0 Å². The molecule has 1 heterocycles. The van der Waals surface area contributed by atoms with E-state index < -0.39 is 17.4 Å². The van der Waals surface area contributed by atoms with Crippen LogP contribution in [0, 0.1) is 25.6 Å². The van der Waals surface area contributed by atoms with E-state index in [2.05, 4.69) is 0 Å². The summed E-state index contributed by atoms with van der Waals surface area (Å²) in [7, 11) is 0. The number of rotatable bonds is 1. The number of fused-ring (bicyclic) bond motifs is 3. The van der Waals surface area contributed by atoms with E-state index in [9.17, 15) is 13.6 Å². The Balaban J connectivity index is 0.000000221. The first-order valence-electron chi connectivity index (χ1n) is 9.12. The van der Waals surface area contributed by atoms with Crippen molar-refractivity contribution in [2.75, 3.05) is 6.61 Å². The number of aryl methyl sites for hydroxylation is 2. The summed E-state index contributed by atoms with van der Waals surface area (Å²) in [6, 6.07) is 10.8. The predicted octanol–water partition coefficient (Wildman–Crippen LogP) is 5.75. The molecule has 1 saturated carbocycles. The highest BCUT2D eigenvalue weighted by Crippen LogP contribution is 2.51. The number of ether oxygens (including phenoxy) is 1. The van der Waals surface area contributed by atoms with Crippen LogP contribution in [0.1, 0.15) is 36.0 Å². The van der Waals surface area contributed by atoms with Crippen LogP contribution >= 0.6 is 11.6 Å². The third kappa shape index (κ3) is 3.86. The Morgan fingerprint density at radius 2 is 1.89 bits per heavy atom. The van der Waals surface area contributed by atoms with Gasteiger partial charge in [0.05, 0.1) is 12.0 Å². The Labute approximate surface area is 163 Å². The van der Waals surface area contributed by atoms with Crippen molar-refractivity contribution in [3.63, 3.8) is 0 Å². The van der Waals surface area contributed by atoms with Crippen molar-refractivity contribution in [1.82, 2.24) is 0 Å². The predicted molar refractivity (Wildman–Crippen MR) is 103 cm³/mol. The van der Waals surface area contributed by atoms with Gasteiger partial charge in [-0.2, -0.15) is 0 Å². The average molecular weight is 393 g/mol. The Hall–Kier alpha value is -1.94. The first-order chi connectivity index (χ1) is 12.9. The fraction of sp³-hybridized carbons (Fsp3) is 0.409. The molecular weight excluding hydrogens is 370 g/mol. The fourth-order valence-corrected chi connectivity index (χ4v) is 4.12. The van der Waals surface area contributed by atoms with Crippen molar-refractivity contribution in [2.24, 2.45) is 5.92 Å². The van der Waals surface area contributed by atoms with Gasteiger partial charge in [0, 0.05) is 16.5 Å². The normalized spacial score (nSPS) is 26.0. The minimum Gasteiger partial charge on any atom is -0.493 e. The summed E-state index contributed by atoms with van der Waals surface area (Å²) in [5.41, 5.74) is 1.49. The Kier molecular flexibility index (Phi) is 5.85. The van der Waals surface area contributed by atoms with Crippen molar-refractivity contribution in [2.45, 2.75) is 44.7 Å². The minimum atomic E-state index is -0.920. The lowest BCUT2D eigenvalue weighted by Crippen LogP contribution is -2.48. The molecule has 144 valence electrons. The van der Waals surface area contributed by atoms with Gasteiger partial charge in [0.25, 0.3) is 0 Å². The molecule has 1 fully saturated rings. The highest BCUT2D eigenvalue weighted by molar-refractivity contribution is 6.30. The first-order valence-corrected chi connectivity index (χ1v) is 9.50. The molecule has 0 spiro atoms. The van der Waals surface area contributed by atoms with Gasteiger partial charge in [-0.05, 0) is 56.9 Å². The second-order valence-corrected chi connectivity index (χ2v) is 7.84. The van der Waals surface area contributed by atoms with Gasteiger partial charge in [0.15, 0.2) is 0 Å². The monoisotopic (exact) mass is 392 g/mol. The maximum absolute atomic E-state index is 14.2. The molecule has 5 heteroatoms. The molecule has 0 N–H and O–H groups in total. The van der Waals surface area contributed by atoms with Crippen LogP contribution in [-0.4, -0.2) is 19.1 Å². The summed E-state index contributed by atoms with van der Waals surface area (Å²) in [6.45, 7) is 4.16.